The van der Waals surface area contributed by atoms with Gasteiger partial charge in [0.05, 0.1) is 5.03 Å². The van der Waals surface area contributed by atoms with Crippen LogP contribution in [0.5, 0.6) is 0 Å². The molecule has 0 aliphatic carbocycles. The van der Waals surface area contributed by atoms with Crippen molar-refractivity contribution in [3.63, 3.8) is 0 Å². The van der Waals surface area contributed by atoms with E-state index in [9.17, 15) is 4.79 Å². The number of hydrogen-bond acceptors (Lipinski definition) is 2. The Bertz CT molecular complexity index is 484. The molecule has 3 heteroatoms. The lowest BCUT2D eigenvalue weighted by Gasteiger charge is -2.11. The van der Waals surface area contributed by atoms with Crippen LogP contribution in [0.25, 0.3) is 5.76 Å². The van der Waals surface area contributed by atoms with E-state index in [0.717, 1.165) is 5.56 Å². The summed E-state index contributed by atoms with van der Waals surface area (Å²) in [5, 5.41) is 0.475. The van der Waals surface area contributed by atoms with Crippen molar-refractivity contribution in [1.82, 2.24) is 0 Å². The summed E-state index contributed by atoms with van der Waals surface area (Å²) in [6, 6.07) is 7.86. The zero-order valence-corrected chi connectivity index (χ0v) is 12.3. The Hall–Kier alpha value is -1.54. The molecule has 0 radical (unpaired) electrons. The molecule has 0 aromatic heterocycles. The molecule has 0 saturated carbocycles. The number of halogens is 1. The van der Waals surface area contributed by atoms with Crippen LogP contribution >= 0.6 is 11.6 Å². The Labute approximate surface area is 119 Å². The van der Waals surface area contributed by atoms with E-state index < -0.39 is 0 Å². The second-order valence-electron chi connectivity index (χ2n) is 4.60. The first kappa shape index (κ1) is 15.5. The van der Waals surface area contributed by atoms with Gasteiger partial charge in [-0.2, -0.15) is 0 Å². The maximum absolute atomic E-state index is 11.2. The summed E-state index contributed by atoms with van der Waals surface area (Å²) in [5.74, 6) is 0.480. The summed E-state index contributed by atoms with van der Waals surface area (Å²) in [6.45, 7) is 9.25. The SMILES string of the molecule is C=CC/C(Cl)=C(/OC(C)=O)c1ccc(C(C)C)cc1. The second kappa shape index (κ2) is 7.15. The van der Waals surface area contributed by atoms with Crippen molar-refractivity contribution >= 4 is 23.3 Å². The maximum atomic E-state index is 11.2. The van der Waals surface area contributed by atoms with Crippen molar-refractivity contribution in [2.45, 2.75) is 33.1 Å². The molecule has 0 saturated heterocycles. The van der Waals surface area contributed by atoms with Gasteiger partial charge in [-0.3, -0.25) is 4.79 Å². The van der Waals surface area contributed by atoms with Crippen LogP contribution in [0.1, 0.15) is 44.2 Å². The van der Waals surface area contributed by atoms with Gasteiger partial charge in [-0.1, -0.05) is 55.8 Å². The minimum absolute atomic E-state index is 0.384. The standard InChI is InChI=1S/C16H19ClO2/c1-5-6-15(17)16(19-12(4)18)14-9-7-13(8-10-14)11(2)3/h5,7-11H,1,6H2,2-4H3/b16-15-. The Morgan fingerprint density at radius 2 is 1.95 bits per heavy atom. The highest BCUT2D eigenvalue weighted by atomic mass is 35.5. The quantitative estimate of drug-likeness (QED) is 0.437. The van der Waals surface area contributed by atoms with Crippen molar-refractivity contribution in [2.75, 3.05) is 0 Å². The number of allylic oxidation sites excluding steroid dienone is 2. The van der Waals surface area contributed by atoms with Gasteiger partial charge in [0.2, 0.25) is 0 Å². The third-order valence-corrected chi connectivity index (χ3v) is 2.98. The molecule has 1 aromatic carbocycles. The van der Waals surface area contributed by atoms with Crippen LogP contribution in [-0.4, -0.2) is 5.97 Å². The number of carbonyl (C=O) groups excluding carboxylic acids is 1. The molecule has 0 unspecified atom stereocenters. The molecular formula is C16H19ClO2. The Morgan fingerprint density at radius 3 is 2.37 bits per heavy atom. The van der Waals surface area contributed by atoms with Crippen LogP contribution in [0.3, 0.4) is 0 Å². The lowest BCUT2D eigenvalue weighted by atomic mass is 10.0. The fourth-order valence-corrected chi connectivity index (χ4v) is 1.91. The summed E-state index contributed by atoms with van der Waals surface area (Å²) in [4.78, 5) is 11.2. The number of carbonyl (C=O) groups is 1. The molecule has 1 rings (SSSR count). The maximum Gasteiger partial charge on any atom is 0.308 e. The fraction of sp³-hybridized carbons (Fsp3) is 0.312. The predicted molar refractivity (Wildman–Crippen MR) is 79.9 cm³/mol. The highest BCUT2D eigenvalue weighted by Gasteiger charge is 2.11. The smallest absolute Gasteiger partial charge is 0.308 e. The first-order valence-corrected chi connectivity index (χ1v) is 6.61. The summed E-state index contributed by atoms with van der Waals surface area (Å²) in [5.41, 5.74) is 2.03. The lowest BCUT2D eigenvalue weighted by molar-refractivity contribution is -0.134. The number of ether oxygens (including phenoxy) is 1. The summed E-state index contributed by atoms with van der Waals surface area (Å²) in [7, 11) is 0. The first-order valence-electron chi connectivity index (χ1n) is 6.24. The van der Waals surface area contributed by atoms with Gasteiger partial charge in [-0.25, -0.2) is 0 Å². The molecule has 2 nitrogen and oxygen atoms in total. The Morgan fingerprint density at radius 1 is 1.37 bits per heavy atom. The predicted octanol–water partition coefficient (Wildman–Crippen LogP) is 4.86. The van der Waals surface area contributed by atoms with Crippen LogP contribution in [-0.2, 0) is 9.53 Å². The van der Waals surface area contributed by atoms with Crippen LogP contribution in [0.4, 0.5) is 0 Å². The molecule has 0 aliphatic rings. The van der Waals surface area contributed by atoms with Crippen molar-refractivity contribution in [3.05, 3.63) is 53.1 Å². The molecule has 0 bridgehead atoms. The van der Waals surface area contributed by atoms with Gasteiger partial charge in [0, 0.05) is 18.9 Å². The molecule has 0 heterocycles. The fourth-order valence-electron chi connectivity index (χ4n) is 1.65. The molecule has 0 atom stereocenters. The third kappa shape index (κ3) is 4.56. The van der Waals surface area contributed by atoms with Gasteiger partial charge in [-0.05, 0) is 11.5 Å². The Balaban J connectivity index is 3.14. The van der Waals surface area contributed by atoms with Crippen LogP contribution in [0, 0.1) is 0 Å². The van der Waals surface area contributed by atoms with Gasteiger partial charge in [0.15, 0.2) is 5.76 Å². The van der Waals surface area contributed by atoms with E-state index >= 15 is 0 Å². The van der Waals surface area contributed by atoms with E-state index in [1.54, 1.807) is 6.08 Å². The molecule has 0 amide bonds. The van der Waals surface area contributed by atoms with Gasteiger partial charge < -0.3 is 4.74 Å². The summed E-state index contributed by atoms with van der Waals surface area (Å²) in [6.07, 6.45) is 2.14. The van der Waals surface area contributed by atoms with Crippen LogP contribution < -0.4 is 0 Å². The summed E-state index contributed by atoms with van der Waals surface area (Å²) >= 11 is 6.16. The van der Waals surface area contributed by atoms with Crippen molar-refractivity contribution in [1.29, 1.82) is 0 Å². The average molecular weight is 279 g/mol. The molecule has 0 N–H and O–H groups in total. The zero-order chi connectivity index (χ0) is 14.4. The van der Waals surface area contributed by atoms with Crippen LogP contribution in [0.15, 0.2) is 42.0 Å². The highest BCUT2D eigenvalue weighted by molar-refractivity contribution is 6.32. The van der Waals surface area contributed by atoms with E-state index in [1.165, 1.54) is 12.5 Å². The molecule has 0 spiro atoms. The zero-order valence-electron chi connectivity index (χ0n) is 11.6. The number of esters is 1. The van der Waals surface area contributed by atoms with Crippen molar-refractivity contribution in [2.24, 2.45) is 0 Å². The number of benzene rings is 1. The van der Waals surface area contributed by atoms with Crippen LogP contribution in [0.2, 0.25) is 0 Å². The first-order chi connectivity index (χ1) is 8.95. The van der Waals surface area contributed by atoms with Gasteiger partial charge in [0.1, 0.15) is 0 Å². The normalized spacial score (nSPS) is 12.1. The van der Waals surface area contributed by atoms with E-state index in [1.807, 2.05) is 24.3 Å². The number of hydrogen-bond donors (Lipinski definition) is 0. The molecule has 102 valence electrons. The minimum Gasteiger partial charge on any atom is -0.425 e. The molecule has 1 aromatic rings. The molecule has 19 heavy (non-hydrogen) atoms. The summed E-state index contributed by atoms with van der Waals surface area (Å²) < 4.78 is 5.21. The largest absolute Gasteiger partial charge is 0.425 e. The highest BCUT2D eigenvalue weighted by Crippen LogP contribution is 2.27. The minimum atomic E-state index is -0.384. The van der Waals surface area contributed by atoms with E-state index in [4.69, 9.17) is 16.3 Å². The van der Waals surface area contributed by atoms with Crippen molar-refractivity contribution < 1.29 is 9.53 Å². The topological polar surface area (TPSA) is 26.3 Å². The molecular weight excluding hydrogens is 260 g/mol. The van der Waals surface area contributed by atoms with Gasteiger partial charge in [0.25, 0.3) is 0 Å². The molecule has 0 aliphatic heterocycles. The van der Waals surface area contributed by atoms with Gasteiger partial charge in [-0.15, -0.1) is 6.58 Å². The average Bonchev–Trinajstić information content (AvgIpc) is 2.36. The third-order valence-electron chi connectivity index (χ3n) is 2.66. The van der Waals surface area contributed by atoms with Gasteiger partial charge >= 0.3 is 5.97 Å². The van der Waals surface area contributed by atoms with E-state index in [0.29, 0.717) is 23.1 Å². The molecule has 0 fully saturated rings. The monoisotopic (exact) mass is 278 g/mol. The van der Waals surface area contributed by atoms with E-state index in [2.05, 4.69) is 20.4 Å². The van der Waals surface area contributed by atoms with Crippen molar-refractivity contribution in [3.8, 4) is 0 Å². The Kier molecular flexibility index (Phi) is 5.84. The second-order valence-corrected chi connectivity index (χ2v) is 5.05. The van der Waals surface area contributed by atoms with E-state index in [-0.39, 0.29) is 5.97 Å². The number of rotatable bonds is 5. The lowest BCUT2D eigenvalue weighted by Crippen LogP contribution is -2.00.